The molecule has 0 aromatic heterocycles. The van der Waals surface area contributed by atoms with Gasteiger partial charge >= 0.3 is 0 Å². The number of thiocarbonyl (C=S) groups is 1. The van der Waals surface area contributed by atoms with Gasteiger partial charge in [-0.25, -0.2) is 0 Å². The van der Waals surface area contributed by atoms with Crippen LogP contribution in [0.3, 0.4) is 0 Å². The molecule has 0 heterocycles. The van der Waals surface area contributed by atoms with Gasteiger partial charge in [0, 0.05) is 6.54 Å². The SMILES string of the molecule is CCCN(CCC(C)(C)C)CC(N)=S. The second kappa shape index (κ2) is 6.36. The minimum Gasteiger partial charge on any atom is -0.392 e. The Morgan fingerprint density at radius 2 is 1.86 bits per heavy atom. The fourth-order valence-corrected chi connectivity index (χ4v) is 1.48. The van der Waals surface area contributed by atoms with Crippen LogP contribution in [0.4, 0.5) is 0 Å². The third-order valence-electron chi connectivity index (χ3n) is 2.10. The molecular weight excluding hydrogens is 192 g/mol. The summed E-state index contributed by atoms with van der Waals surface area (Å²) in [4.78, 5) is 2.94. The summed E-state index contributed by atoms with van der Waals surface area (Å²) in [7, 11) is 0. The van der Waals surface area contributed by atoms with Crippen LogP contribution < -0.4 is 5.73 Å². The number of rotatable bonds is 6. The number of hydrogen-bond acceptors (Lipinski definition) is 2. The highest BCUT2D eigenvalue weighted by molar-refractivity contribution is 7.80. The van der Waals surface area contributed by atoms with Gasteiger partial charge in [-0.2, -0.15) is 0 Å². The van der Waals surface area contributed by atoms with Crippen molar-refractivity contribution in [2.24, 2.45) is 11.1 Å². The molecule has 0 saturated heterocycles. The van der Waals surface area contributed by atoms with E-state index in [4.69, 9.17) is 18.0 Å². The minimum atomic E-state index is 0.391. The van der Waals surface area contributed by atoms with E-state index < -0.39 is 0 Å². The summed E-state index contributed by atoms with van der Waals surface area (Å²) in [5.74, 6) is 0. The van der Waals surface area contributed by atoms with Crippen LogP contribution in [0, 0.1) is 5.41 Å². The van der Waals surface area contributed by atoms with E-state index in [1.54, 1.807) is 0 Å². The van der Waals surface area contributed by atoms with Gasteiger partial charge in [0.15, 0.2) is 0 Å². The third kappa shape index (κ3) is 8.45. The van der Waals surface area contributed by atoms with Gasteiger partial charge in [-0.15, -0.1) is 0 Å². The maximum Gasteiger partial charge on any atom is 0.0870 e. The Kier molecular flexibility index (Phi) is 6.29. The first-order valence-electron chi connectivity index (χ1n) is 5.36. The lowest BCUT2D eigenvalue weighted by atomic mass is 9.92. The Morgan fingerprint density at radius 3 is 2.21 bits per heavy atom. The van der Waals surface area contributed by atoms with Crippen molar-refractivity contribution >= 4 is 17.2 Å². The molecule has 3 heteroatoms. The number of nitrogens with two attached hydrogens (primary N) is 1. The van der Waals surface area contributed by atoms with Crippen LogP contribution in [-0.4, -0.2) is 29.5 Å². The van der Waals surface area contributed by atoms with E-state index in [2.05, 4.69) is 32.6 Å². The monoisotopic (exact) mass is 216 g/mol. The van der Waals surface area contributed by atoms with Gasteiger partial charge in [-0.1, -0.05) is 39.9 Å². The van der Waals surface area contributed by atoms with E-state index in [-0.39, 0.29) is 0 Å². The lowest BCUT2D eigenvalue weighted by molar-refractivity contribution is 0.251. The summed E-state index contributed by atoms with van der Waals surface area (Å²) in [5, 5.41) is 0. The van der Waals surface area contributed by atoms with Crippen LogP contribution in [0.25, 0.3) is 0 Å². The van der Waals surface area contributed by atoms with Crippen molar-refractivity contribution in [1.82, 2.24) is 4.90 Å². The van der Waals surface area contributed by atoms with Crippen LogP contribution in [0.1, 0.15) is 40.5 Å². The van der Waals surface area contributed by atoms with Gasteiger partial charge in [0.1, 0.15) is 0 Å². The van der Waals surface area contributed by atoms with Crippen LogP contribution in [0.15, 0.2) is 0 Å². The summed E-state index contributed by atoms with van der Waals surface area (Å²) >= 11 is 4.93. The highest BCUT2D eigenvalue weighted by Gasteiger charge is 2.13. The molecule has 0 saturated carbocycles. The average Bonchev–Trinajstić information content (AvgIpc) is 1.98. The van der Waals surface area contributed by atoms with E-state index >= 15 is 0 Å². The van der Waals surface area contributed by atoms with E-state index in [1.807, 2.05) is 0 Å². The summed E-state index contributed by atoms with van der Waals surface area (Å²) < 4.78 is 0. The molecule has 0 unspecified atom stereocenters. The van der Waals surface area contributed by atoms with Gasteiger partial charge < -0.3 is 5.73 Å². The molecular formula is C11H24N2S. The summed E-state index contributed by atoms with van der Waals surface area (Å²) in [6, 6.07) is 0. The topological polar surface area (TPSA) is 29.3 Å². The van der Waals surface area contributed by atoms with Crippen LogP contribution >= 0.6 is 12.2 Å². The molecule has 84 valence electrons. The van der Waals surface area contributed by atoms with Crippen molar-refractivity contribution in [3.05, 3.63) is 0 Å². The third-order valence-corrected chi connectivity index (χ3v) is 2.23. The zero-order chi connectivity index (χ0) is 11.2. The maximum atomic E-state index is 5.55. The predicted octanol–water partition coefficient (Wildman–Crippen LogP) is 2.42. The number of hydrogen-bond donors (Lipinski definition) is 1. The van der Waals surface area contributed by atoms with Gasteiger partial charge in [-0.05, 0) is 31.3 Å². The van der Waals surface area contributed by atoms with Crippen molar-refractivity contribution in [2.75, 3.05) is 19.6 Å². The first-order valence-corrected chi connectivity index (χ1v) is 5.76. The fourth-order valence-electron chi connectivity index (χ4n) is 1.30. The minimum absolute atomic E-state index is 0.391. The van der Waals surface area contributed by atoms with Crippen molar-refractivity contribution in [1.29, 1.82) is 0 Å². The molecule has 14 heavy (non-hydrogen) atoms. The highest BCUT2D eigenvalue weighted by atomic mass is 32.1. The van der Waals surface area contributed by atoms with E-state index in [9.17, 15) is 0 Å². The van der Waals surface area contributed by atoms with Crippen molar-refractivity contribution < 1.29 is 0 Å². The molecule has 0 atom stereocenters. The highest BCUT2D eigenvalue weighted by Crippen LogP contribution is 2.18. The second-order valence-corrected chi connectivity index (χ2v) is 5.58. The summed E-state index contributed by atoms with van der Waals surface area (Å²) in [6.07, 6.45) is 2.35. The van der Waals surface area contributed by atoms with E-state index in [0.29, 0.717) is 10.4 Å². The van der Waals surface area contributed by atoms with Gasteiger partial charge in [0.2, 0.25) is 0 Å². The van der Waals surface area contributed by atoms with E-state index in [1.165, 1.54) is 6.42 Å². The zero-order valence-electron chi connectivity index (χ0n) is 9.97. The van der Waals surface area contributed by atoms with Crippen LogP contribution in [-0.2, 0) is 0 Å². The zero-order valence-corrected chi connectivity index (χ0v) is 10.8. The molecule has 0 aromatic rings. The normalized spacial score (nSPS) is 12.1. The van der Waals surface area contributed by atoms with Crippen molar-refractivity contribution in [2.45, 2.75) is 40.5 Å². The Labute approximate surface area is 93.8 Å². The maximum absolute atomic E-state index is 5.55. The first-order chi connectivity index (χ1) is 6.35. The molecule has 2 nitrogen and oxygen atoms in total. The van der Waals surface area contributed by atoms with Gasteiger partial charge in [-0.3, -0.25) is 4.90 Å². The summed E-state index contributed by atoms with van der Waals surface area (Å²) in [6.45, 7) is 11.9. The lowest BCUT2D eigenvalue weighted by Crippen LogP contribution is -2.35. The van der Waals surface area contributed by atoms with Crippen LogP contribution in [0.2, 0.25) is 0 Å². The largest absolute Gasteiger partial charge is 0.392 e. The Morgan fingerprint density at radius 1 is 1.29 bits per heavy atom. The second-order valence-electron chi connectivity index (χ2n) is 5.05. The Balaban J connectivity index is 3.90. The molecule has 0 radical (unpaired) electrons. The molecule has 2 N–H and O–H groups in total. The smallest absolute Gasteiger partial charge is 0.0870 e. The standard InChI is InChI=1S/C11H24N2S/c1-5-7-13(9-10(12)14)8-6-11(2,3)4/h5-9H2,1-4H3,(H2,12,14). The van der Waals surface area contributed by atoms with E-state index in [0.717, 1.165) is 26.1 Å². The molecule has 0 fully saturated rings. The molecule has 0 aromatic carbocycles. The Hall–Kier alpha value is -0.150. The fraction of sp³-hybridized carbons (Fsp3) is 0.909. The first kappa shape index (κ1) is 13.8. The molecule has 0 spiro atoms. The van der Waals surface area contributed by atoms with Gasteiger partial charge in [0.05, 0.1) is 4.99 Å². The van der Waals surface area contributed by atoms with Crippen molar-refractivity contribution in [3.8, 4) is 0 Å². The van der Waals surface area contributed by atoms with Gasteiger partial charge in [0.25, 0.3) is 0 Å². The average molecular weight is 216 g/mol. The number of nitrogens with zero attached hydrogens (tertiary/aromatic N) is 1. The van der Waals surface area contributed by atoms with Crippen LogP contribution in [0.5, 0.6) is 0 Å². The molecule has 0 rings (SSSR count). The Bertz CT molecular complexity index is 173. The predicted molar refractivity (Wildman–Crippen MR) is 67.6 cm³/mol. The molecule has 0 aliphatic heterocycles. The molecule has 0 amide bonds. The molecule has 0 aliphatic carbocycles. The quantitative estimate of drug-likeness (QED) is 0.691. The lowest BCUT2D eigenvalue weighted by Gasteiger charge is -2.26. The van der Waals surface area contributed by atoms with Crippen molar-refractivity contribution in [3.63, 3.8) is 0 Å². The summed E-state index contributed by atoms with van der Waals surface area (Å²) in [5.41, 5.74) is 5.94. The molecule has 0 bridgehead atoms. The molecule has 0 aliphatic rings.